The molecule has 0 unspecified atom stereocenters. The molecule has 1 N–H and O–H groups in total. The van der Waals surface area contributed by atoms with Crippen molar-refractivity contribution in [3.8, 4) is 5.75 Å². The van der Waals surface area contributed by atoms with E-state index in [2.05, 4.69) is 5.32 Å². The topological polar surface area (TPSA) is 102 Å². The number of piperidine rings is 1. The maximum Gasteiger partial charge on any atom is 0.309 e. The highest BCUT2D eigenvalue weighted by atomic mass is 35.5. The van der Waals surface area contributed by atoms with E-state index in [-0.39, 0.29) is 18.0 Å². The van der Waals surface area contributed by atoms with Crippen LogP contribution < -0.4 is 10.1 Å². The number of anilines is 1. The van der Waals surface area contributed by atoms with E-state index < -0.39 is 34.4 Å². The highest BCUT2D eigenvalue weighted by Crippen LogP contribution is 2.31. The van der Waals surface area contributed by atoms with Gasteiger partial charge in [0.25, 0.3) is 5.91 Å². The number of nitrogens with one attached hydrogen (secondary N) is 1. The molecular weight excluding hydrogens is 468 g/mol. The molecule has 178 valence electrons. The number of carbonyl (C=O) groups excluding carboxylic acids is 2. The van der Waals surface area contributed by atoms with Crippen LogP contribution in [0.3, 0.4) is 0 Å². The molecule has 2 aromatic carbocycles. The van der Waals surface area contributed by atoms with Crippen molar-refractivity contribution in [1.82, 2.24) is 4.31 Å². The van der Waals surface area contributed by atoms with E-state index in [0.29, 0.717) is 29.3 Å². The molecule has 1 heterocycles. The zero-order valence-corrected chi connectivity index (χ0v) is 20.3. The number of methoxy groups -OCH3 is 1. The fourth-order valence-corrected chi connectivity index (χ4v) is 5.19. The van der Waals surface area contributed by atoms with Crippen molar-refractivity contribution >= 4 is 39.2 Å². The van der Waals surface area contributed by atoms with Gasteiger partial charge in [-0.15, -0.1) is 0 Å². The third kappa shape index (κ3) is 6.04. The smallest absolute Gasteiger partial charge is 0.309 e. The lowest BCUT2D eigenvalue weighted by Crippen LogP contribution is -2.40. The maximum atomic E-state index is 12.8. The third-order valence-electron chi connectivity index (χ3n) is 5.55. The van der Waals surface area contributed by atoms with E-state index >= 15 is 0 Å². The van der Waals surface area contributed by atoms with Crippen LogP contribution in [0.15, 0.2) is 41.3 Å². The lowest BCUT2D eigenvalue weighted by atomic mass is 9.98. The van der Waals surface area contributed by atoms with E-state index in [1.807, 2.05) is 6.92 Å². The van der Waals surface area contributed by atoms with Crippen molar-refractivity contribution < 1.29 is 27.5 Å². The van der Waals surface area contributed by atoms with Gasteiger partial charge >= 0.3 is 5.97 Å². The Bertz CT molecular complexity index is 1130. The first-order chi connectivity index (χ1) is 15.6. The van der Waals surface area contributed by atoms with Crippen LogP contribution in [0.5, 0.6) is 5.75 Å². The molecule has 1 amide bonds. The van der Waals surface area contributed by atoms with Crippen LogP contribution in [0.25, 0.3) is 0 Å². The van der Waals surface area contributed by atoms with Crippen LogP contribution in [-0.2, 0) is 24.3 Å². The molecular formula is C23H27ClN2O6S. The third-order valence-corrected chi connectivity index (χ3v) is 7.87. The Balaban J connectivity index is 1.51. The van der Waals surface area contributed by atoms with Crippen molar-refractivity contribution in [2.24, 2.45) is 5.92 Å². The normalized spacial score (nSPS) is 15.2. The molecule has 10 heteroatoms. The largest absolute Gasteiger partial charge is 0.495 e. The number of rotatable bonds is 7. The molecule has 33 heavy (non-hydrogen) atoms. The van der Waals surface area contributed by atoms with E-state index in [1.54, 1.807) is 43.3 Å². The molecule has 0 aromatic heterocycles. The zero-order valence-electron chi connectivity index (χ0n) is 18.8. The van der Waals surface area contributed by atoms with Gasteiger partial charge in [-0.05, 0) is 50.5 Å². The Labute approximate surface area is 198 Å². The first-order valence-corrected chi connectivity index (χ1v) is 12.3. The molecule has 0 bridgehead atoms. The molecule has 1 aliphatic heterocycles. The molecule has 0 saturated carbocycles. The minimum Gasteiger partial charge on any atom is -0.495 e. The van der Waals surface area contributed by atoms with E-state index in [4.69, 9.17) is 21.1 Å². The van der Waals surface area contributed by atoms with E-state index in [1.165, 1.54) is 11.4 Å². The summed E-state index contributed by atoms with van der Waals surface area (Å²) in [6.45, 7) is 3.65. The first-order valence-electron chi connectivity index (χ1n) is 10.5. The molecule has 2 aromatic rings. The van der Waals surface area contributed by atoms with Gasteiger partial charge in [0.05, 0.1) is 23.6 Å². The highest BCUT2D eigenvalue weighted by Gasteiger charge is 2.33. The first kappa shape index (κ1) is 25.0. The number of hydrogen-bond donors (Lipinski definition) is 1. The van der Waals surface area contributed by atoms with Crippen LogP contribution in [0.2, 0.25) is 5.02 Å². The Morgan fingerprint density at radius 1 is 1.12 bits per heavy atom. The van der Waals surface area contributed by atoms with Crippen LogP contribution in [0, 0.1) is 19.8 Å². The minimum absolute atomic E-state index is 0.212. The average Bonchev–Trinajstić information content (AvgIpc) is 2.80. The molecule has 0 aliphatic carbocycles. The number of hydrogen-bond acceptors (Lipinski definition) is 6. The van der Waals surface area contributed by atoms with Crippen molar-refractivity contribution in [1.29, 1.82) is 0 Å². The lowest BCUT2D eigenvalue weighted by molar-refractivity contribution is -0.152. The van der Waals surface area contributed by atoms with Crippen molar-refractivity contribution in [3.63, 3.8) is 0 Å². The molecule has 0 radical (unpaired) electrons. The summed E-state index contributed by atoms with van der Waals surface area (Å²) in [6.07, 6.45) is 0.658. The van der Waals surface area contributed by atoms with Gasteiger partial charge in [0.2, 0.25) is 10.0 Å². The summed E-state index contributed by atoms with van der Waals surface area (Å²) in [7, 11) is -2.15. The van der Waals surface area contributed by atoms with Gasteiger partial charge in [-0.25, -0.2) is 8.42 Å². The van der Waals surface area contributed by atoms with Gasteiger partial charge in [0, 0.05) is 24.2 Å². The predicted molar refractivity (Wildman–Crippen MR) is 125 cm³/mol. The molecule has 3 rings (SSSR count). The Hall–Kier alpha value is -2.62. The van der Waals surface area contributed by atoms with E-state index in [9.17, 15) is 18.0 Å². The second kappa shape index (κ2) is 10.5. The van der Waals surface area contributed by atoms with Crippen molar-refractivity contribution in [2.75, 3.05) is 32.1 Å². The lowest BCUT2D eigenvalue weighted by Gasteiger charge is -2.30. The number of nitrogens with zero attached hydrogens (tertiary/aromatic N) is 1. The molecule has 8 nitrogen and oxygen atoms in total. The van der Waals surface area contributed by atoms with Gasteiger partial charge < -0.3 is 14.8 Å². The number of sulfonamides is 1. The fourth-order valence-electron chi connectivity index (χ4n) is 3.56. The summed E-state index contributed by atoms with van der Waals surface area (Å²) in [6, 6.07) is 9.94. The van der Waals surface area contributed by atoms with Crippen molar-refractivity contribution in [3.05, 3.63) is 52.5 Å². The van der Waals surface area contributed by atoms with E-state index in [0.717, 1.165) is 11.1 Å². The number of esters is 1. The number of benzene rings is 2. The summed E-state index contributed by atoms with van der Waals surface area (Å²) in [5.74, 6) is -1.10. The van der Waals surface area contributed by atoms with Gasteiger partial charge in [-0.1, -0.05) is 29.3 Å². The standard InChI is InChI=1S/C23H27ClN2O6S/c1-15-4-6-18(7-5-15)33(29,30)26-10-8-17(9-11-26)23(28)32-14-22(27)25-20-12-16(2)19(24)13-21(20)31-3/h4-7,12-13,17H,8-11,14H2,1-3H3,(H,25,27). The number of halogens is 1. The molecule has 1 fully saturated rings. The van der Waals surface area contributed by atoms with Gasteiger partial charge in [-0.3, -0.25) is 9.59 Å². The zero-order chi connectivity index (χ0) is 24.2. The molecule has 1 aliphatic rings. The summed E-state index contributed by atoms with van der Waals surface area (Å²) in [4.78, 5) is 24.9. The average molecular weight is 495 g/mol. The SMILES string of the molecule is COc1cc(Cl)c(C)cc1NC(=O)COC(=O)C1CCN(S(=O)(=O)c2ccc(C)cc2)CC1. The number of amides is 1. The maximum absolute atomic E-state index is 12.8. The van der Waals surface area contributed by atoms with Gasteiger partial charge in [0.15, 0.2) is 6.61 Å². The fraction of sp³-hybridized carbons (Fsp3) is 0.391. The predicted octanol–water partition coefficient (Wildman–Crippen LogP) is 3.55. The summed E-state index contributed by atoms with van der Waals surface area (Å²) in [5.41, 5.74) is 2.16. The highest BCUT2D eigenvalue weighted by molar-refractivity contribution is 7.89. The summed E-state index contributed by atoms with van der Waals surface area (Å²) in [5, 5.41) is 3.16. The van der Waals surface area contributed by atoms with Crippen LogP contribution in [0.4, 0.5) is 5.69 Å². The Kier molecular flexibility index (Phi) is 7.99. The van der Waals surface area contributed by atoms with Crippen molar-refractivity contribution in [2.45, 2.75) is 31.6 Å². The second-order valence-electron chi connectivity index (χ2n) is 7.95. The second-order valence-corrected chi connectivity index (χ2v) is 10.3. The van der Waals surface area contributed by atoms with Crippen LogP contribution in [0.1, 0.15) is 24.0 Å². The van der Waals surface area contributed by atoms with Gasteiger partial charge in [-0.2, -0.15) is 4.31 Å². The van der Waals surface area contributed by atoms with Crippen LogP contribution >= 0.6 is 11.6 Å². The summed E-state index contributed by atoms with van der Waals surface area (Å²) >= 11 is 6.07. The minimum atomic E-state index is -3.61. The molecule has 0 spiro atoms. The number of ether oxygens (including phenoxy) is 2. The van der Waals surface area contributed by atoms with Crippen LogP contribution in [-0.4, -0.2) is 51.4 Å². The Morgan fingerprint density at radius 3 is 2.36 bits per heavy atom. The molecule has 1 saturated heterocycles. The van der Waals surface area contributed by atoms with Gasteiger partial charge in [0.1, 0.15) is 5.75 Å². The quantitative estimate of drug-likeness (QED) is 0.590. The molecule has 0 atom stereocenters. The monoisotopic (exact) mass is 494 g/mol. The Morgan fingerprint density at radius 2 is 1.76 bits per heavy atom. The number of carbonyl (C=O) groups is 2. The summed E-state index contributed by atoms with van der Waals surface area (Å²) < 4.78 is 37.4. The number of aryl methyl sites for hydroxylation is 2.